The highest BCUT2D eigenvalue weighted by Gasteiger charge is 2.43. The number of fused-ring (bicyclic) bond motifs is 1. The number of rotatable bonds is 4. The summed E-state index contributed by atoms with van der Waals surface area (Å²) in [5, 5.41) is 0. The van der Waals surface area contributed by atoms with Gasteiger partial charge in [0, 0.05) is 37.3 Å². The standard InChI is InChI=1S/C19H26N2O4/c1-23-16-7-14(8-17(9-16)24-2)19(22)20-5-6-21-15(10-20)11-25-12-18(21)13-3-4-13/h7-9,13,15,18H,3-6,10-12H2,1-2H3/t15-,18-/m1/s1. The van der Waals surface area contributed by atoms with E-state index in [0.29, 0.717) is 35.8 Å². The zero-order valence-corrected chi connectivity index (χ0v) is 14.9. The number of methoxy groups -OCH3 is 2. The van der Waals surface area contributed by atoms with E-state index < -0.39 is 0 Å². The minimum atomic E-state index is 0.0328. The Labute approximate surface area is 148 Å². The van der Waals surface area contributed by atoms with Crippen molar-refractivity contribution in [3.63, 3.8) is 0 Å². The molecule has 2 saturated heterocycles. The van der Waals surface area contributed by atoms with Crippen LogP contribution in [-0.2, 0) is 4.74 Å². The second-order valence-electron chi connectivity index (χ2n) is 7.19. The average molecular weight is 346 g/mol. The predicted molar refractivity (Wildman–Crippen MR) is 93.3 cm³/mol. The van der Waals surface area contributed by atoms with Crippen LogP contribution in [0.4, 0.5) is 0 Å². The summed E-state index contributed by atoms with van der Waals surface area (Å²) in [7, 11) is 3.19. The molecule has 0 spiro atoms. The van der Waals surface area contributed by atoms with Gasteiger partial charge >= 0.3 is 0 Å². The van der Waals surface area contributed by atoms with E-state index in [9.17, 15) is 4.79 Å². The van der Waals surface area contributed by atoms with Gasteiger partial charge in [-0.25, -0.2) is 0 Å². The third-order valence-corrected chi connectivity index (χ3v) is 5.60. The number of carbonyl (C=O) groups excluding carboxylic acids is 1. The van der Waals surface area contributed by atoms with Crippen molar-refractivity contribution < 1.29 is 19.0 Å². The maximum atomic E-state index is 13.0. The summed E-state index contributed by atoms with van der Waals surface area (Å²) in [4.78, 5) is 17.5. The molecule has 136 valence electrons. The molecule has 1 saturated carbocycles. The molecule has 4 rings (SSSR count). The molecule has 1 aliphatic carbocycles. The third-order valence-electron chi connectivity index (χ3n) is 5.60. The van der Waals surface area contributed by atoms with Gasteiger partial charge in [-0.3, -0.25) is 9.69 Å². The van der Waals surface area contributed by atoms with E-state index in [4.69, 9.17) is 14.2 Å². The van der Waals surface area contributed by atoms with Crippen LogP contribution in [0, 0.1) is 5.92 Å². The van der Waals surface area contributed by atoms with Gasteiger partial charge in [-0.15, -0.1) is 0 Å². The Morgan fingerprint density at radius 3 is 2.44 bits per heavy atom. The van der Waals surface area contributed by atoms with Gasteiger partial charge in [0.25, 0.3) is 5.91 Å². The monoisotopic (exact) mass is 346 g/mol. The lowest BCUT2D eigenvalue weighted by molar-refractivity contribution is -0.0816. The van der Waals surface area contributed by atoms with Gasteiger partial charge in [0.1, 0.15) is 11.5 Å². The Bertz CT molecular complexity index is 624. The smallest absolute Gasteiger partial charge is 0.254 e. The maximum absolute atomic E-state index is 13.0. The van der Waals surface area contributed by atoms with Crippen molar-refractivity contribution in [2.45, 2.75) is 24.9 Å². The van der Waals surface area contributed by atoms with Crippen LogP contribution in [0.25, 0.3) is 0 Å². The topological polar surface area (TPSA) is 51.2 Å². The molecule has 2 heterocycles. The molecular weight excluding hydrogens is 320 g/mol. The summed E-state index contributed by atoms with van der Waals surface area (Å²) in [6.45, 7) is 3.98. The largest absolute Gasteiger partial charge is 0.497 e. The van der Waals surface area contributed by atoms with Gasteiger partial charge in [-0.1, -0.05) is 0 Å². The predicted octanol–water partition coefficient (Wildman–Crippen LogP) is 1.64. The number of ether oxygens (including phenoxy) is 3. The first kappa shape index (κ1) is 16.7. The van der Waals surface area contributed by atoms with Crippen LogP contribution < -0.4 is 9.47 Å². The zero-order chi connectivity index (χ0) is 17.4. The summed E-state index contributed by atoms with van der Waals surface area (Å²) in [5.41, 5.74) is 0.611. The minimum absolute atomic E-state index is 0.0328. The molecule has 25 heavy (non-hydrogen) atoms. The molecular formula is C19H26N2O4. The molecule has 3 fully saturated rings. The molecule has 3 aliphatic rings. The number of nitrogens with zero attached hydrogens (tertiary/aromatic N) is 2. The minimum Gasteiger partial charge on any atom is -0.497 e. The Morgan fingerprint density at radius 2 is 1.80 bits per heavy atom. The Morgan fingerprint density at radius 1 is 1.08 bits per heavy atom. The van der Waals surface area contributed by atoms with E-state index in [-0.39, 0.29) is 5.91 Å². The molecule has 1 aromatic carbocycles. The maximum Gasteiger partial charge on any atom is 0.254 e. The van der Waals surface area contributed by atoms with Gasteiger partial charge in [0.2, 0.25) is 0 Å². The number of hydrogen-bond donors (Lipinski definition) is 0. The molecule has 0 bridgehead atoms. The lowest BCUT2D eigenvalue weighted by Crippen LogP contribution is -2.63. The summed E-state index contributed by atoms with van der Waals surface area (Å²) in [5.74, 6) is 2.10. The molecule has 6 nitrogen and oxygen atoms in total. The zero-order valence-electron chi connectivity index (χ0n) is 14.9. The highest BCUT2D eigenvalue weighted by atomic mass is 16.5. The first-order valence-corrected chi connectivity index (χ1v) is 9.05. The summed E-state index contributed by atoms with van der Waals surface area (Å²) < 4.78 is 16.4. The van der Waals surface area contributed by atoms with E-state index in [1.807, 2.05) is 4.90 Å². The number of benzene rings is 1. The molecule has 0 unspecified atom stereocenters. The van der Waals surface area contributed by atoms with Crippen molar-refractivity contribution in [2.75, 3.05) is 47.1 Å². The van der Waals surface area contributed by atoms with Crippen LogP contribution in [0.3, 0.4) is 0 Å². The molecule has 2 atom stereocenters. The number of amides is 1. The lowest BCUT2D eigenvalue weighted by atomic mass is 10.0. The van der Waals surface area contributed by atoms with Crippen molar-refractivity contribution in [3.05, 3.63) is 23.8 Å². The van der Waals surface area contributed by atoms with Crippen molar-refractivity contribution in [1.82, 2.24) is 9.80 Å². The first-order chi connectivity index (χ1) is 12.2. The first-order valence-electron chi connectivity index (χ1n) is 9.05. The molecule has 1 aromatic rings. The number of morpholine rings is 1. The normalized spacial score (nSPS) is 26.9. The van der Waals surface area contributed by atoms with E-state index in [1.165, 1.54) is 12.8 Å². The van der Waals surface area contributed by atoms with E-state index in [1.54, 1.807) is 32.4 Å². The van der Waals surface area contributed by atoms with E-state index in [2.05, 4.69) is 4.90 Å². The molecule has 2 aliphatic heterocycles. The molecule has 6 heteroatoms. The van der Waals surface area contributed by atoms with Crippen molar-refractivity contribution in [1.29, 1.82) is 0 Å². The fourth-order valence-electron chi connectivity index (χ4n) is 4.06. The summed E-state index contributed by atoms with van der Waals surface area (Å²) in [6, 6.07) is 6.20. The molecule has 1 amide bonds. The van der Waals surface area contributed by atoms with Crippen LogP contribution in [-0.4, -0.2) is 74.9 Å². The average Bonchev–Trinajstić information content (AvgIpc) is 3.51. The fraction of sp³-hybridized carbons (Fsp3) is 0.632. The number of hydrogen-bond acceptors (Lipinski definition) is 5. The molecule has 0 aromatic heterocycles. The molecule has 0 N–H and O–H groups in total. The van der Waals surface area contributed by atoms with Crippen molar-refractivity contribution in [2.24, 2.45) is 5.92 Å². The summed E-state index contributed by atoms with van der Waals surface area (Å²) >= 11 is 0. The number of carbonyl (C=O) groups is 1. The Kier molecular flexibility index (Phi) is 4.56. The number of piperazine rings is 1. The fourth-order valence-corrected chi connectivity index (χ4v) is 4.06. The van der Waals surface area contributed by atoms with Gasteiger partial charge in [-0.05, 0) is 30.9 Å². The van der Waals surface area contributed by atoms with Gasteiger partial charge in [0.15, 0.2) is 0 Å². The van der Waals surface area contributed by atoms with Crippen molar-refractivity contribution in [3.8, 4) is 11.5 Å². The second-order valence-corrected chi connectivity index (χ2v) is 7.19. The van der Waals surface area contributed by atoms with Crippen LogP contribution in [0.5, 0.6) is 11.5 Å². The van der Waals surface area contributed by atoms with Gasteiger partial charge in [0.05, 0.1) is 33.5 Å². The van der Waals surface area contributed by atoms with E-state index >= 15 is 0 Å². The van der Waals surface area contributed by atoms with Crippen LogP contribution >= 0.6 is 0 Å². The van der Waals surface area contributed by atoms with Crippen LogP contribution in [0.2, 0.25) is 0 Å². The lowest BCUT2D eigenvalue weighted by Gasteiger charge is -2.48. The Balaban J connectivity index is 1.48. The summed E-state index contributed by atoms with van der Waals surface area (Å²) in [6.07, 6.45) is 2.65. The second kappa shape index (κ2) is 6.84. The van der Waals surface area contributed by atoms with E-state index in [0.717, 1.165) is 32.2 Å². The third kappa shape index (κ3) is 3.33. The van der Waals surface area contributed by atoms with Crippen molar-refractivity contribution >= 4 is 5.91 Å². The SMILES string of the molecule is COc1cc(OC)cc(C(=O)N2CCN3[C@@H](COC[C@@H]3C3CC3)C2)c1. The van der Waals surface area contributed by atoms with Gasteiger partial charge in [-0.2, -0.15) is 0 Å². The quantitative estimate of drug-likeness (QED) is 0.830. The Hall–Kier alpha value is -1.79. The van der Waals surface area contributed by atoms with Crippen LogP contribution in [0.15, 0.2) is 18.2 Å². The highest BCUT2D eigenvalue weighted by molar-refractivity contribution is 5.95. The molecule has 0 radical (unpaired) electrons. The van der Waals surface area contributed by atoms with Gasteiger partial charge < -0.3 is 19.1 Å². The van der Waals surface area contributed by atoms with Crippen LogP contribution in [0.1, 0.15) is 23.2 Å². The highest BCUT2D eigenvalue weighted by Crippen LogP contribution is 2.38.